The minimum atomic E-state index is -0.425. The average molecular weight is 425 g/mol. The Morgan fingerprint density at radius 3 is 2.73 bits per heavy atom. The van der Waals surface area contributed by atoms with Crippen molar-refractivity contribution < 1.29 is 4.79 Å². The van der Waals surface area contributed by atoms with E-state index in [9.17, 15) is 14.4 Å². The number of thiazole rings is 1. The molecule has 0 unspecified atom stereocenters. The Morgan fingerprint density at radius 2 is 1.97 bits per heavy atom. The zero-order valence-electron chi connectivity index (χ0n) is 16.4. The summed E-state index contributed by atoms with van der Waals surface area (Å²) < 4.78 is 4.06. The predicted octanol–water partition coefficient (Wildman–Crippen LogP) is 1.37. The molecule has 4 rings (SSSR count). The minimum Gasteiger partial charge on any atom is -0.325 e. The van der Waals surface area contributed by atoms with Crippen LogP contribution in [0.1, 0.15) is 12.8 Å². The first-order chi connectivity index (χ1) is 14.5. The van der Waals surface area contributed by atoms with Crippen molar-refractivity contribution in [1.29, 1.82) is 0 Å². The maximum Gasteiger partial charge on any atom is 0.332 e. The molecule has 1 amide bonds. The first-order valence-corrected chi connectivity index (χ1v) is 10.1. The molecule has 4 heterocycles. The quantitative estimate of drug-likeness (QED) is 0.499. The fraction of sp³-hybridized carbons (Fsp3) is 0.263. The zero-order valence-corrected chi connectivity index (χ0v) is 17.2. The van der Waals surface area contributed by atoms with Crippen molar-refractivity contribution in [3.63, 3.8) is 0 Å². The number of nitrogens with one attached hydrogen (secondary N) is 1. The molecule has 154 valence electrons. The van der Waals surface area contributed by atoms with Gasteiger partial charge in [-0.1, -0.05) is 6.07 Å². The number of amides is 1. The van der Waals surface area contributed by atoms with E-state index >= 15 is 0 Å². The van der Waals surface area contributed by atoms with E-state index in [1.54, 1.807) is 17.8 Å². The van der Waals surface area contributed by atoms with E-state index < -0.39 is 11.2 Å². The number of hydrogen-bond donors (Lipinski definition) is 1. The fourth-order valence-electron chi connectivity index (χ4n) is 3.12. The number of pyridine rings is 1. The standard InChI is InChI=1S/C19H19N7O3S/c1-24-16-15(17(28)25(2)19(24)29)26(11-21-16)9-5-7-14(27)23-18-22-13(10-30-18)12-6-3-4-8-20-12/h3-4,6,8,10-11H,5,7,9H2,1-2H3,(H,22,23,27). The largest absolute Gasteiger partial charge is 0.332 e. The number of fused-ring (bicyclic) bond motifs is 1. The molecule has 0 saturated heterocycles. The van der Waals surface area contributed by atoms with Crippen LogP contribution in [0.3, 0.4) is 0 Å². The molecular formula is C19H19N7O3S. The summed E-state index contributed by atoms with van der Waals surface area (Å²) >= 11 is 1.34. The Labute approximate surface area is 174 Å². The van der Waals surface area contributed by atoms with Crippen molar-refractivity contribution in [1.82, 2.24) is 28.7 Å². The van der Waals surface area contributed by atoms with E-state index in [4.69, 9.17) is 0 Å². The van der Waals surface area contributed by atoms with Gasteiger partial charge in [0.05, 0.1) is 12.0 Å². The summed E-state index contributed by atoms with van der Waals surface area (Å²) in [5.74, 6) is -0.165. The fourth-order valence-corrected chi connectivity index (χ4v) is 3.84. The van der Waals surface area contributed by atoms with Gasteiger partial charge in [-0.05, 0) is 18.6 Å². The molecule has 0 aliphatic heterocycles. The van der Waals surface area contributed by atoms with Gasteiger partial charge in [-0.2, -0.15) is 0 Å². The number of anilines is 1. The minimum absolute atomic E-state index is 0.165. The molecule has 0 atom stereocenters. The molecule has 0 bridgehead atoms. The van der Waals surface area contributed by atoms with Crippen molar-refractivity contribution in [2.75, 3.05) is 5.32 Å². The molecule has 4 aromatic rings. The lowest BCUT2D eigenvalue weighted by molar-refractivity contribution is -0.116. The first-order valence-electron chi connectivity index (χ1n) is 9.23. The van der Waals surface area contributed by atoms with Gasteiger partial charge in [-0.3, -0.25) is 23.7 Å². The highest BCUT2D eigenvalue weighted by atomic mass is 32.1. The Hall–Kier alpha value is -3.60. The maximum absolute atomic E-state index is 12.4. The van der Waals surface area contributed by atoms with Crippen LogP contribution in [0.15, 0.2) is 45.7 Å². The predicted molar refractivity (Wildman–Crippen MR) is 113 cm³/mol. The summed E-state index contributed by atoms with van der Waals surface area (Å²) in [6.07, 6.45) is 3.97. The van der Waals surface area contributed by atoms with Gasteiger partial charge in [0.1, 0.15) is 5.69 Å². The van der Waals surface area contributed by atoms with E-state index in [0.717, 1.165) is 10.3 Å². The summed E-state index contributed by atoms with van der Waals surface area (Å²) in [6.45, 7) is 0.425. The van der Waals surface area contributed by atoms with Crippen LogP contribution in [0.5, 0.6) is 0 Å². The molecule has 0 aromatic carbocycles. The summed E-state index contributed by atoms with van der Waals surface area (Å²) in [5, 5.41) is 5.15. The SMILES string of the molecule is Cn1c(=O)c2c(ncn2CCCC(=O)Nc2nc(-c3ccccn3)cs2)n(C)c1=O. The molecule has 0 spiro atoms. The van der Waals surface area contributed by atoms with Gasteiger partial charge in [0.25, 0.3) is 5.56 Å². The van der Waals surface area contributed by atoms with E-state index in [-0.39, 0.29) is 12.3 Å². The number of nitrogens with zero attached hydrogens (tertiary/aromatic N) is 6. The van der Waals surface area contributed by atoms with E-state index in [2.05, 4.69) is 20.3 Å². The highest BCUT2D eigenvalue weighted by Crippen LogP contribution is 2.23. The monoisotopic (exact) mass is 425 g/mol. The van der Waals surface area contributed by atoms with Crippen LogP contribution >= 0.6 is 11.3 Å². The third-order valence-corrected chi connectivity index (χ3v) is 5.46. The van der Waals surface area contributed by atoms with Crippen molar-refractivity contribution in [2.45, 2.75) is 19.4 Å². The second-order valence-electron chi connectivity index (χ2n) is 6.72. The lowest BCUT2D eigenvalue weighted by Gasteiger charge is -2.06. The van der Waals surface area contributed by atoms with Crippen LogP contribution in [-0.2, 0) is 25.4 Å². The van der Waals surface area contributed by atoms with Gasteiger partial charge in [0, 0.05) is 38.6 Å². The molecule has 0 saturated carbocycles. The smallest absolute Gasteiger partial charge is 0.325 e. The number of rotatable bonds is 6. The molecule has 0 radical (unpaired) electrons. The lowest BCUT2D eigenvalue weighted by Crippen LogP contribution is -2.37. The van der Waals surface area contributed by atoms with Crippen molar-refractivity contribution in [3.8, 4) is 11.4 Å². The van der Waals surface area contributed by atoms with Gasteiger partial charge in [0.15, 0.2) is 16.3 Å². The molecule has 11 heteroatoms. The summed E-state index contributed by atoms with van der Waals surface area (Å²) in [4.78, 5) is 49.5. The first kappa shape index (κ1) is 19.7. The third-order valence-electron chi connectivity index (χ3n) is 4.70. The number of aromatic nitrogens is 6. The molecule has 30 heavy (non-hydrogen) atoms. The molecule has 0 aliphatic carbocycles. The second kappa shape index (κ2) is 8.03. The third kappa shape index (κ3) is 3.66. The molecular weight excluding hydrogens is 406 g/mol. The second-order valence-corrected chi connectivity index (χ2v) is 7.58. The molecule has 0 fully saturated rings. The van der Waals surface area contributed by atoms with Crippen LogP contribution in [0.4, 0.5) is 5.13 Å². The number of carbonyl (C=O) groups excluding carboxylic acids is 1. The highest BCUT2D eigenvalue weighted by Gasteiger charge is 2.14. The average Bonchev–Trinajstić information content (AvgIpc) is 3.39. The van der Waals surface area contributed by atoms with Crippen molar-refractivity contribution >= 4 is 33.5 Å². The Morgan fingerprint density at radius 1 is 1.13 bits per heavy atom. The van der Waals surface area contributed by atoms with Gasteiger partial charge in [-0.15, -0.1) is 11.3 Å². The normalized spacial score (nSPS) is 11.1. The van der Waals surface area contributed by atoms with Crippen molar-refractivity contribution in [3.05, 3.63) is 56.9 Å². The molecule has 1 N–H and O–H groups in total. The van der Waals surface area contributed by atoms with Gasteiger partial charge in [0.2, 0.25) is 5.91 Å². The van der Waals surface area contributed by atoms with Gasteiger partial charge in [-0.25, -0.2) is 14.8 Å². The van der Waals surface area contributed by atoms with E-state index in [1.807, 2.05) is 23.6 Å². The summed E-state index contributed by atoms with van der Waals surface area (Å²) in [7, 11) is 3.00. The zero-order chi connectivity index (χ0) is 21.3. The summed E-state index contributed by atoms with van der Waals surface area (Å²) in [6, 6.07) is 5.57. The van der Waals surface area contributed by atoms with Crippen LogP contribution in [-0.4, -0.2) is 34.6 Å². The van der Waals surface area contributed by atoms with Gasteiger partial charge >= 0.3 is 5.69 Å². The Balaban J connectivity index is 1.39. The molecule has 0 aliphatic rings. The van der Waals surface area contributed by atoms with Crippen LogP contribution < -0.4 is 16.6 Å². The number of hydrogen-bond acceptors (Lipinski definition) is 7. The van der Waals surface area contributed by atoms with Gasteiger partial charge < -0.3 is 9.88 Å². The topological polar surface area (TPSA) is 117 Å². The number of aryl methyl sites for hydroxylation is 2. The van der Waals surface area contributed by atoms with Crippen molar-refractivity contribution in [2.24, 2.45) is 14.1 Å². The number of carbonyl (C=O) groups is 1. The number of imidazole rings is 1. The van der Waals surface area contributed by atoms with Crippen LogP contribution in [0.25, 0.3) is 22.6 Å². The van der Waals surface area contributed by atoms with E-state index in [0.29, 0.717) is 35.0 Å². The highest BCUT2D eigenvalue weighted by molar-refractivity contribution is 7.14. The molecule has 4 aromatic heterocycles. The molecule has 10 nitrogen and oxygen atoms in total. The van der Waals surface area contributed by atoms with Crippen LogP contribution in [0.2, 0.25) is 0 Å². The summed E-state index contributed by atoms with van der Waals surface area (Å²) in [5.41, 5.74) is 1.31. The van der Waals surface area contributed by atoms with Crippen LogP contribution in [0, 0.1) is 0 Å². The Bertz CT molecular complexity index is 1330. The maximum atomic E-state index is 12.4. The lowest BCUT2D eigenvalue weighted by atomic mass is 10.3. The van der Waals surface area contributed by atoms with E-state index in [1.165, 1.54) is 29.3 Å². The Kier molecular flexibility index (Phi) is 5.27.